The molecule has 1 aromatic carbocycles. The lowest BCUT2D eigenvalue weighted by molar-refractivity contribution is -0.139. The van der Waals surface area contributed by atoms with Crippen LogP contribution >= 0.6 is 11.6 Å². The van der Waals surface area contributed by atoms with Gasteiger partial charge in [0, 0.05) is 18.6 Å². The fourth-order valence-corrected chi connectivity index (χ4v) is 1.24. The first-order valence-corrected chi connectivity index (χ1v) is 4.75. The molecule has 0 fully saturated rings. The Morgan fingerprint density at radius 2 is 2.07 bits per heavy atom. The van der Waals surface area contributed by atoms with Gasteiger partial charge < -0.3 is 10.6 Å². The highest BCUT2D eigenvalue weighted by atomic mass is 35.5. The molecule has 0 bridgehead atoms. The quantitative estimate of drug-likeness (QED) is 0.730. The van der Waals surface area contributed by atoms with Crippen LogP contribution in [0, 0.1) is 0 Å². The Morgan fingerprint density at radius 1 is 1.33 bits per heavy atom. The zero-order chi connectivity index (χ0) is 11.3. The van der Waals surface area contributed by atoms with E-state index in [4.69, 9.17) is 11.6 Å². The van der Waals surface area contributed by atoms with Gasteiger partial charge in [0.2, 0.25) is 0 Å². The van der Waals surface area contributed by atoms with Gasteiger partial charge in [-0.1, -0.05) is 23.7 Å². The van der Waals surface area contributed by atoms with Gasteiger partial charge in [-0.3, -0.25) is 9.59 Å². The summed E-state index contributed by atoms with van der Waals surface area (Å²) in [7, 11) is 1.40. The molecule has 2 N–H and O–H groups in total. The number of nitrogens with one attached hydrogen (secondary N) is 2. The lowest BCUT2D eigenvalue weighted by Gasteiger charge is -2.04. The van der Waals surface area contributed by atoms with Crippen molar-refractivity contribution in [3.63, 3.8) is 0 Å². The Labute approximate surface area is 92.6 Å². The molecule has 4 nitrogen and oxygen atoms in total. The summed E-state index contributed by atoms with van der Waals surface area (Å²) in [5, 5.41) is 5.30. The predicted octanol–water partition coefficient (Wildman–Crippen LogP) is 0.702. The molecule has 5 heteroatoms. The summed E-state index contributed by atoms with van der Waals surface area (Å²) in [5.41, 5.74) is 0.847. The van der Waals surface area contributed by atoms with Crippen LogP contribution in [-0.2, 0) is 16.1 Å². The summed E-state index contributed by atoms with van der Waals surface area (Å²) in [5.74, 6) is -1.31. The zero-order valence-corrected chi connectivity index (χ0v) is 8.97. The number of carbonyl (C=O) groups is 2. The molecule has 1 aromatic rings. The number of likely N-dealkylation sites (N-methyl/N-ethyl adjacent to an activating group) is 1. The number of benzene rings is 1. The van der Waals surface area contributed by atoms with E-state index in [9.17, 15) is 9.59 Å². The summed E-state index contributed by atoms with van der Waals surface area (Å²) in [4.78, 5) is 21.9. The number of hydrogen-bond acceptors (Lipinski definition) is 2. The highest BCUT2D eigenvalue weighted by molar-refractivity contribution is 6.35. The summed E-state index contributed by atoms with van der Waals surface area (Å²) in [6.07, 6.45) is 0. The number of hydrogen-bond donors (Lipinski definition) is 2. The van der Waals surface area contributed by atoms with Crippen LogP contribution in [0.1, 0.15) is 5.56 Å². The molecule has 0 spiro atoms. The second-order valence-electron chi connectivity index (χ2n) is 2.89. The summed E-state index contributed by atoms with van der Waals surface area (Å²) in [6, 6.07) is 7.07. The van der Waals surface area contributed by atoms with E-state index in [-0.39, 0.29) is 6.54 Å². The van der Waals surface area contributed by atoms with E-state index < -0.39 is 11.8 Å². The minimum atomic E-state index is -0.656. The Hall–Kier alpha value is -1.55. The van der Waals surface area contributed by atoms with Crippen molar-refractivity contribution in [1.82, 2.24) is 10.6 Å². The van der Waals surface area contributed by atoms with E-state index in [1.54, 1.807) is 18.2 Å². The van der Waals surface area contributed by atoms with Gasteiger partial charge in [-0.25, -0.2) is 0 Å². The van der Waals surface area contributed by atoms with Crippen molar-refractivity contribution >= 4 is 23.4 Å². The van der Waals surface area contributed by atoms with Crippen LogP contribution in [0.25, 0.3) is 0 Å². The average molecular weight is 227 g/mol. The van der Waals surface area contributed by atoms with Crippen LogP contribution < -0.4 is 10.6 Å². The number of amides is 2. The molecule has 15 heavy (non-hydrogen) atoms. The molecule has 0 heterocycles. The van der Waals surface area contributed by atoms with Crippen LogP contribution in [-0.4, -0.2) is 18.9 Å². The van der Waals surface area contributed by atoms with Crippen molar-refractivity contribution in [2.75, 3.05) is 7.05 Å². The molecule has 0 saturated carbocycles. The lowest BCUT2D eigenvalue weighted by Crippen LogP contribution is -2.37. The maximum atomic E-state index is 11.1. The number of halogens is 1. The van der Waals surface area contributed by atoms with Crippen molar-refractivity contribution in [3.8, 4) is 0 Å². The molecule has 0 radical (unpaired) electrons. The minimum absolute atomic E-state index is 0.285. The number of carbonyl (C=O) groups excluding carboxylic acids is 2. The average Bonchev–Trinajstić information content (AvgIpc) is 2.25. The molecule has 2 amide bonds. The van der Waals surface area contributed by atoms with Gasteiger partial charge in [-0.05, 0) is 17.7 Å². The van der Waals surface area contributed by atoms with Crippen LogP contribution in [0.2, 0.25) is 5.02 Å². The van der Waals surface area contributed by atoms with Crippen molar-refractivity contribution in [3.05, 3.63) is 34.9 Å². The molecule has 0 aromatic heterocycles. The van der Waals surface area contributed by atoms with Crippen molar-refractivity contribution in [2.24, 2.45) is 0 Å². The van der Waals surface area contributed by atoms with E-state index >= 15 is 0 Å². The van der Waals surface area contributed by atoms with Crippen molar-refractivity contribution in [1.29, 1.82) is 0 Å². The Kier molecular flexibility index (Phi) is 4.12. The van der Waals surface area contributed by atoms with Gasteiger partial charge in [0.1, 0.15) is 0 Å². The smallest absolute Gasteiger partial charge is 0.309 e. The molecule has 0 saturated heterocycles. The van der Waals surface area contributed by atoms with Crippen molar-refractivity contribution < 1.29 is 9.59 Å². The Balaban J connectivity index is 2.50. The third-order valence-electron chi connectivity index (χ3n) is 1.78. The van der Waals surface area contributed by atoms with Gasteiger partial charge in [0.05, 0.1) is 0 Å². The molecule has 1 rings (SSSR count). The standard InChI is InChI=1S/C10H11ClN2O2/c1-12-9(14)10(15)13-6-7-3-2-4-8(11)5-7/h2-5H,6H2,1H3,(H,12,14)(H,13,15). The molecular formula is C10H11ClN2O2. The first-order valence-electron chi connectivity index (χ1n) is 4.38. The molecule has 0 unspecified atom stereocenters. The maximum absolute atomic E-state index is 11.1. The minimum Gasteiger partial charge on any atom is -0.351 e. The van der Waals surface area contributed by atoms with E-state index in [0.29, 0.717) is 5.02 Å². The second-order valence-corrected chi connectivity index (χ2v) is 3.33. The van der Waals surface area contributed by atoms with E-state index in [1.807, 2.05) is 6.07 Å². The van der Waals surface area contributed by atoms with E-state index in [2.05, 4.69) is 10.6 Å². The van der Waals surface area contributed by atoms with Crippen LogP contribution in [0.3, 0.4) is 0 Å². The van der Waals surface area contributed by atoms with Crippen LogP contribution in [0.5, 0.6) is 0 Å². The molecule has 0 aliphatic carbocycles. The van der Waals surface area contributed by atoms with E-state index in [1.165, 1.54) is 7.05 Å². The van der Waals surface area contributed by atoms with Gasteiger partial charge in [-0.2, -0.15) is 0 Å². The number of rotatable bonds is 2. The van der Waals surface area contributed by atoms with Crippen LogP contribution in [0.15, 0.2) is 24.3 Å². The third kappa shape index (κ3) is 3.59. The predicted molar refractivity (Wildman–Crippen MR) is 57.4 cm³/mol. The highest BCUT2D eigenvalue weighted by Crippen LogP contribution is 2.09. The molecule has 0 aliphatic heterocycles. The normalized spacial score (nSPS) is 9.47. The Bertz CT molecular complexity index is 379. The summed E-state index contributed by atoms with van der Waals surface area (Å²) in [6.45, 7) is 0.285. The third-order valence-corrected chi connectivity index (χ3v) is 2.01. The SMILES string of the molecule is CNC(=O)C(=O)NCc1cccc(Cl)c1. The molecule has 0 atom stereocenters. The van der Waals surface area contributed by atoms with Crippen molar-refractivity contribution in [2.45, 2.75) is 6.54 Å². The zero-order valence-electron chi connectivity index (χ0n) is 8.21. The van der Waals surface area contributed by atoms with Gasteiger partial charge in [-0.15, -0.1) is 0 Å². The molecule has 0 aliphatic rings. The second kappa shape index (κ2) is 5.36. The largest absolute Gasteiger partial charge is 0.351 e. The topological polar surface area (TPSA) is 58.2 Å². The first-order chi connectivity index (χ1) is 7.13. The van der Waals surface area contributed by atoms with Gasteiger partial charge >= 0.3 is 11.8 Å². The molecular weight excluding hydrogens is 216 g/mol. The fraction of sp³-hybridized carbons (Fsp3) is 0.200. The highest BCUT2D eigenvalue weighted by Gasteiger charge is 2.09. The maximum Gasteiger partial charge on any atom is 0.309 e. The van der Waals surface area contributed by atoms with Gasteiger partial charge in [0.15, 0.2) is 0 Å². The first kappa shape index (κ1) is 11.5. The van der Waals surface area contributed by atoms with Gasteiger partial charge in [0.25, 0.3) is 0 Å². The lowest BCUT2D eigenvalue weighted by atomic mass is 10.2. The Morgan fingerprint density at radius 3 is 2.67 bits per heavy atom. The fourth-order valence-electron chi connectivity index (χ4n) is 1.02. The monoisotopic (exact) mass is 226 g/mol. The van der Waals surface area contributed by atoms with E-state index in [0.717, 1.165) is 5.56 Å². The summed E-state index contributed by atoms with van der Waals surface area (Å²) >= 11 is 5.76. The summed E-state index contributed by atoms with van der Waals surface area (Å²) < 4.78 is 0. The van der Waals surface area contributed by atoms with Crippen LogP contribution in [0.4, 0.5) is 0 Å². The molecule has 80 valence electrons.